The Kier molecular flexibility index (Phi) is 7.81. The average molecular weight is 547 g/mol. The number of nitrogens with one attached hydrogen (secondary N) is 1. The SMILES string of the molecule is CCOc1ccc(NC(=O)C[C@@H]2SC(N3N=C(c4ccc(C)cc4)C[C@@H]3c3ccc(Cl)cc3)=NC2=O)cc1. The van der Waals surface area contributed by atoms with Gasteiger partial charge in [0.05, 0.1) is 18.4 Å². The zero-order valence-corrected chi connectivity index (χ0v) is 22.6. The number of nitrogens with zero attached hydrogens (tertiary/aromatic N) is 3. The van der Waals surface area contributed by atoms with E-state index in [9.17, 15) is 9.59 Å². The highest BCUT2D eigenvalue weighted by Crippen LogP contribution is 2.39. The van der Waals surface area contributed by atoms with Crippen molar-refractivity contribution in [2.45, 2.75) is 38.0 Å². The first-order valence-electron chi connectivity index (χ1n) is 12.4. The van der Waals surface area contributed by atoms with E-state index in [1.54, 1.807) is 24.3 Å². The number of aryl methyl sites for hydroxylation is 1. The summed E-state index contributed by atoms with van der Waals surface area (Å²) in [5, 5.41) is 10.1. The molecule has 2 aliphatic rings. The van der Waals surface area contributed by atoms with Crippen molar-refractivity contribution in [1.29, 1.82) is 0 Å². The number of ether oxygens (including phenoxy) is 1. The minimum atomic E-state index is -0.614. The molecule has 0 aliphatic carbocycles. The van der Waals surface area contributed by atoms with Gasteiger partial charge in [-0.25, -0.2) is 5.01 Å². The Bertz CT molecular complexity index is 1390. The van der Waals surface area contributed by atoms with Crippen molar-refractivity contribution in [3.05, 3.63) is 94.5 Å². The van der Waals surface area contributed by atoms with E-state index in [4.69, 9.17) is 21.4 Å². The number of anilines is 1. The molecule has 0 radical (unpaired) electrons. The molecule has 2 aliphatic heterocycles. The van der Waals surface area contributed by atoms with Crippen LogP contribution >= 0.6 is 23.4 Å². The predicted octanol–water partition coefficient (Wildman–Crippen LogP) is 6.23. The molecule has 0 aromatic heterocycles. The molecule has 3 aromatic rings. The average Bonchev–Trinajstić information content (AvgIpc) is 3.50. The third kappa shape index (κ3) is 5.92. The molecule has 0 spiro atoms. The molecule has 7 nitrogen and oxygen atoms in total. The van der Waals surface area contributed by atoms with E-state index in [1.165, 1.54) is 17.3 Å². The number of aliphatic imine (C=N–C) groups is 1. The van der Waals surface area contributed by atoms with Crippen LogP contribution < -0.4 is 10.1 Å². The van der Waals surface area contributed by atoms with E-state index in [0.717, 1.165) is 22.6 Å². The lowest BCUT2D eigenvalue weighted by atomic mass is 9.98. The van der Waals surface area contributed by atoms with Crippen LogP contribution in [0.2, 0.25) is 5.02 Å². The van der Waals surface area contributed by atoms with Gasteiger partial charge in [-0.15, -0.1) is 0 Å². The van der Waals surface area contributed by atoms with Crippen LogP contribution in [0, 0.1) is 6.92 Å². The first-order valence-corrected chi connectivity index (χ1v) is 13.7. The summed E-state index contributed by atoms with van der Waals surface area (Å²) in [5.74, 6) is 0.146. The molecule has 0 bridgehead atoms. The zero-order valence-electron chi connectivity index (χ0n) is 21.1. The Balaban J connectivity index is 1.31. The van der Waals surface area contributed by atoms with Crippen LogP contribution in [0.4, 0.5) is 5.69 Å². The molecule has 38 heavy (non-hydrogen) atoms. The van der Waals surface area contributed by atoms with Gasteiger partial charge in [0.2, 0.25) is 5.91 Å². The Morgan fingerprint density at radius 3 is 2.47 bits per heavy atom. The van der Waals surface area contributed by atoms with Gasteiger partial charge in [0.25, 0.3) is 5.91 Å². The smallest absolute Gasteiger partial charge is 0.262 e. The van der Waals surface area contributed by atoms with Crippen LogP contribution in [0.5, 0.6) is 5.75 Å². The molecule has 0 saturated heterocycles. The second-order valence-corrected chi connectivity index (χ2v) is 10.7. The molecule has 3 aromatic carbocycles. The van der Waals surface area contributed by atoms with Crippen LogP contribution in [0.3, 0.4) is 0 Å². The summed E-state index contributed by atoms with van der Waals surface area (Å²) in [6.07, 6.45) is 0.666. The van der Waals surface area contributed by atoms with Gasteiger partial charge in [0.1, 0.15) is 11.0 Å². The van der Waals surface area contributed by atoms with Gasteiger partial charge < -0.3 is 10.1 Å². The van der Waals surface area contributed by atoms with Crippen molar-refractivity contribution in [2.75, 3.05) is 11.9 Å². The third-order valence-corrected chi connectivity index (χ3v) is 7.69. The zero-order chi connectivity index (χ0) is 26.6. The summed E-state index contributed by atoms with van der Waals surface area (Å²) in [4.78, 5) is 29.9. The fourth-order valence-corrected chi connectivity index (χ4v) is 5.53. The first-order chi connectivity index (χ1) is 18.4. The number of amidine groups is 1. The number of thioether (sulfide) groups is 1. The molecule has 2 amide bonds. The highest BCUT2D eigenvalue weighted by atomic mass is 35.5. The summed E-state index contributed by atoms with van der Waals surface area (Å²) in [7, 11) is 0. The summed E-state index contributed by atoms with van der Waals surface area (Å²) in [5.41, 5.74) is 4.78. The fourth-order valence-electron chi connectivity index (χ4n) is 4.34. The number of hydrazone groups is 1. The topological polar surface area (TPSA) is 83.4 Å². The van der Waals surface area contributed by atoms with Gasteiger partial charge in [0, 0.05) is 23.6 Å². The summed E-state index contributed by atoms with van der Waals surface area (Å²) >= 11 is 7.41. The monoisotopic (exact) mass is 546 g/mol. The van der Waals surface area contributed by atoms with Crippen molar-refractivity contribution < 1.29 is 14.3 Å². The molecule has 2 atom stereocenters. The van der Waals surface area contributed by atoms with Crippen molar-refractivity contribution in [1.82, 2.24) is 5.01 Å². The van der Waals surface area contributed by atoms with E-state index in [-0.39, 0.29) is 24.3 Å². The lowest BCUT2D eigenvalue weighted by Crippen LogP contribution is -2.25. The number of carbonyl (C=O) groups excluding carboxylic acids is 2. The number of hydrogen-bond donors (Lipinski definition) is 1. The molecule has 0 fully saturated rings. The van der Waals surface area contributed by atoms with Gasteiger partial charge in [-0.05, 0) is 61.4 Å². The summed E-state index contributed by atoms with van der Waals surface area (Å²) < 4.78 is 5.44. The Labute approximate surface area is 230 Å². The maximum atomic E-state index is 12.8. The second-order valence-electron chi connectivity index (χ2n) is 9.08. The molecular formula is C29H27ClN4O3S. The normalized spacial score (nSPS) is 18.8. The summed E-state index contributed by atoms with van der Waals surface area (Å²) in [6, 6.07) is 22.9. The molecule has 5 rings (SSSR count). The van der Waals surface area contributed by atoms with Crippen LogP contribution in [-0.4, -0.2) is 39.6 Å². The highest BCUT2D eigenvalue weighted by molar-refractivity contribution is 8.15. The van der Waals surface area contributed by atoms with Crippen LogP contribution in [0.1, 0.15) is 42.5 Å². The lowest BCUT2D eigenvalue weighted by Gasteiger charge is -2.23. The molecular weight excluding hydrogens is 520 g/mol. The minimum Gasteiger partial charge on any atom is -0.494 e. The number of hydrogen-bond acceptors (Lipinski definition) is 6. The van der Waals surface area contributed by atoms with E-state index in [1.807, 2.05) is 43.1 Å². The Hall–Kier alpha value is -3.62. The first kappa shape index (κ1) is 26.0. The van der Waals surface area contributed by atoms with Crippen LogP contribution in [0.25, 0.3) is 0 Å². The minimum absolute atomic E-state index is 0.0116. The van der Waals surface area contributed by atoms with Gasteiger partial charge >= 0.3 is 0 Å². The van der Waals surface area contributed by atoms with Gasteiger partial charge in [-0.3, -0.25) is 9.59 Å². The molecule has 0 unspecified atom stereocenters. The Morgan fingerprint density at radius 2 is 1.79 bits per heavy atom. The summed E-state index contributed by atoms with van der Waals surface area (Å²) in [6.45, 7) is 4.53. The molecule has 194 valence electrons. The Morgan fingerprint density at radius 1 is 1.08 bits per heavy atom. The molecule has 2 heterocycles. The molecule has 0 saturated carbocycles. The third-order valence-electron chi connectivity index (χ3n) is 6.29. The number of amides is 2. The molecule has 1 N–H and O–H groups in total. The van der Waals surface area contributed by atoms with Crippen molar-refractivity contribution >= 4 is 51.7 Å². The number of halogens is 1. The molecule has 9 heteroatoms. The second kappa shape index (κ2) is 11.4. The van der Waals surface area contributed by atoms with Gasteiger partial charge in [-0.1, -0.05) is 65.3 Å². The lowest BCUT2D eigenvalue weighted by molar-refractivity contribution is -0.121. The maximum absolute atomic E-state index is 12.8. The maximum Gasteiger partial charge on any atom is 0.262 e. The standard InChI is InChI=1S/C29H27ClN4O3S/c1-3-37-23-14-12-22(13-15-23)31-27(35)17-26-28(36)32-29(38-26)34-25(20-8-10-21(30)11-9-20)16-24(33-34)19-6-4-18(2)5-7-19/h4-15,25-26H,3,16-17H2,1-2H3,(H,31,35)/t25-,26+/m1/s1. The number of rotatable bonds is 7. The number of benzene rings is 3. The highest BCUT2D eigenvalue weighted by Gasteiger charge is 2.39. The van der Waals surface area contributed by atoms with Crippen LogP contribution in [0.15, 0.2) is 82.9 Å². The van der Waals surface area contributed by atoms with Gasteiger partial charge in [0.15, 0.2) is 5.17 Å². The number of carbonyl (C=O) groups is 2. The van der Waals surface area contributed by atoms with Crippen molar-refractivity contribution in [3.63, 3.8) is 0 Å². The largest absolute Gasteiger partial charge is 0.494 e. The quantitative estimate of drug-likeness (QED) is 0.380. The predicted molar refractivity (Wildman–Crippen MR) is 153 cm³/mol. The van der Waals surface area contributed by atoms with Crippen molar-refractivity contribution in [3.8, 4) is 5.75 Å². The van der Waals surface area contributed by atoms with E-state index in [0.29, 0.717) is 28.9 Å². The van der Waals surface area contributed by atoms with E-state index in [2.05, 4.69) is 34.6 Å². The van der Waals surface area contributed by atoms with E-state index < -0.39 is 5.25 Å². The van der Waals surface area contributed by atoms with Crippen molar-refractivity contribution in [2.24, 2.45) is 10.1 Å². The van der Waals surface area contributed by atoms with Gasteiger partial charge in [-0.2, -0.15) is 10.1 Å². The van der Waals surface area contributed by atoms with E-state index >= 15 is 0 Å². The fraction of sp³-hybridized carbons (Fsp3) is 0.241. The van der Waals surface area contributed by atoms with Crippen LogP contribution in [-0.2, 0) is 9.59 Å².